The molecule has 0 aromatic heterocycles. The van der Waals surface area contributed by atoms with Crippen LogP contribution in [0.1, 0.15) is 37.0 Å². The van der Waals surface area contributed by atoms with Crippen molar-refractivity contribution < 1.29 is 18.0 Å². The van der Waals surface area contributed by atoms with Crippen LogP contribution in [0.4, 0.5) is 5.69 Å². The predicted molar refractivity (Wildman–Crippen MR) is 162 cm³/mol. The molecule has 0 saturated carbocycles. The van der Waals surface area contributed by atoms with E-state index in [4.69, 9.17) is 23.2 Å². The van der Waals surface area contributed by atoms with Gasteiger partial charge in [0.2, 0.25) is 21.8 Å². The van der Waals surface area contributed by atoms with E-state index in [-0.39, 0.29) is 40.6 Å². The Bertz CT molecular complexity index is 1420. The maximum atomic E-state index is 14.1. The van der Waals surface area contributed by atoms with Gasteiger partial charge in [-0.2, -0.15) is 0 Å². The fourth-order valence-electron chi connectivity index (χ4n) is 4.17. The van der Waals surface area contributed by atoms with Crippen molar-refractivity contribution in [1.82, 2.24) is 10.2 Å². The lowest BCUT2D eigenvalue weighted by Gasteiger charge is -2.34. The summed E-state index contributed by atoms with van der Waals surface area (Å²) in [5, 5.41) is 3.18. The van der Waals surface area contributed by atoms with Crippen molar-refractivity contribution >= 4 is 50.7 Å². The molecule has 0 aliphatic rings. The summed E-state index contributed by atoms with van der Waals surface area (Å²) in [6.07, 6.45) is 1.96. The molecule has 3 rings (SSSR count). The number of sulfonamides is 1. The molecule has 0 heterocycles. The van der Waals surface area contributed by atoms with Crippen LogP contribution in [-0.4, -0.2) is 50.0 Å². The van der Waals surface area contributed by atoms with Crippen LogP contribution < -0.4 is 9.62 Å². The molecule has 3 aromatic rings. The second-order valence-electron chi connectivity index (χ2n) is 9.87. The standard InChI is InChI=1S/C30H35Cl2N3O4S/c1-5-22(3)33-30(37)27(18-23-10-7-6-8-11-23)34(19-24-16-14-21(2)15-17-24)28(36)20-35(40(4,38)39)26-13-9-12-25(31)29(26)32/h6-17,22,27H,5,18-20H2,1-4H3,(H,33,37). The Morgan fingerprint density at radius 1 is 0.925 bits per heavy atom. The average molecular weight is 605 g/mol. The summed E-state index contributed by atoms with van der Waals surface area (Å²) in [5.41, 5.74) is 2.81. The van der Waals surface area contributed by atoms with Gasteiger partial charge in [0.25, 0.3) is 0 Å². The van der Waals surface area contributed by atoms with Crippen molar-refractivity contribution in [2.45, 2.75) is 52.2 Å². The second kappa shape index (κ2) is 14.0. The smallest absolute Gasteiger partial charge is 0.244 e. The second-order valence-corrected chi connectivity index (χ2v) is 12.6. The number of anilines is 1. The highest BCUT2D eigenvalue weighted by molar-refractivity contribution is 7.92. The van der Waals surface area contributed by atoms with E-state index in [2.05, 4.69) is 5.32 Å². The molecule has 10 heteroatoms. The van der Waals surface area contributed by atoms with Gasteiger partial charge >= 0.3 is 0 Å². The molecule has 2 atom stereocenters. The topological polar surface area (TPSA) is 86.8 Å². The summed E-state index contributed by atoms with van der Waals surface area (Å²) in [6, 6.07) is 20.6. The maximum Gasteiger partial charge on any atom is 0.244 e. The number of nitrogens with zero attached hydrogens (tertiary/aromatic N) is 2. The first kappa shape index (κ1) is 31.5. The minimum absolute atomic E-state index is 0.0165. The van der Waals surface area contributed by atoms with Crippen LogP contribution in [0.3, 0.4) is 0 Å². The molecular formula is C30H35Cl2N3O4S. The van der Waals surface area contributed by atoms with E-state index < -0.39 is 28.5 Å². The third kappa shape index (κ3) is 8.46. The van der Waals surface area contributed by atoms with Gasteiger partial charge in [-0.25, -0.2) is 8.42 Å². The van der Waals surface area contributed by atoms with E-state index in [1.807, 2.05) is 75.4 Å². The number of hydrogen-bond acceptors (Lipinski definition) is 4. The van der Waals surface area contributed by atoms with Gasteiger partial charge in [0.05, 0.1) is 22.0 Å². The van der Waals surface area contributed by atoms with E-state index in [0.29, 0.717) is 6.42 Å². The normalized spacial score (nSPS) is 12.8. The van der Waals surface area contributed by atoms with Crippen LogP contribution in [0.2, 0.25) is 10.0 Å². The monoisotopic (exact) mass is 603 g/mol. The zero-order valence-corrected chi connectivity index (χ0v) is 25.4. The fraction of sp³-hybridized carbons (Fsp3) is 0.333. The quantitative estimate of drug-likeness (QED) is 0.291. The average Bonchev–Trinajstić information content (AvgIpc) is 2.91. The Labute approximate surface area is 247 Å². The number of hydrogen-bond donors (Lipinski definition) is 1. The molecule has 7 nitrogen and oxygen atoms in total. The molecule has 0 radical (unpaired) electrons. The van der Waals surface area contributed by atoms with Gasteiger partial charge in [-0.3, -0.25) is 13.9 Å². The van der Waals surface area contributed by atoms with Gasteiger partial charge in [-0.1, -0.05) is 96.4 Å². The molecule has 2 unspecified atom stereocenters. The predicted octanol–water partition coefficient (Wildman–Crippen LogP) is 5.62. The number of benzene rings is 3. The highest BCUT2D eigenvalue weighted by atomic mass is 35.5. The third-order valence-electron chi connectivity index (χ3n) is 6.62. The first-order valence-electron chi connectivity index (χ1n) is 13.0. The van der Waals surface area contributed by atoms with Gasteiger partial charge in [0.1, 0.15) is 12.6 Å². The lowest BCUT2D eigenvalue weighted by Crippen LogP contribution is -2.54. The van der Waals surface area contributed by atoms with E-state index in [1.165, 1.54) is 17.0 Å². The maximum absolute atomic E-state index is 14.1. The molecule has 214 valence electrons. The summed E-state index contributed by atoms with van der Waals surface area (Å²) in [7, 11) is -3.95. The van der Waals surface area contributed by atoms with Crippen LogP contribution in [-0.2, 0) is 32.6 Å². The summed E-state index contributed by atoms with van der Waals surface area (Å²) in [4.78, 5) is 29.2. The minimum Gasteiger partial charge on any atom is -0.352 e. The molecule has 0 fully saturated rings. The molecule has 2 amide bonds. The summed E-state index contributed by atoms with van der Waals surface area (Å²) < 4.78 is 26.7. The number of amides is 2. The van der Waals surface area contributed by atoms with Crippen molar-refractivity contribution in [2.75, 3.05) is 17.1 Å². The highest BCUT2D eigenvalue weighted by Gasteiger charge is 2.34. The molecule has 0 bridgehead atoms. The van der Waals surface area contributed by atoms with E-state index in [0.717, 1.165) is 27.3 Å². The Kier molecular flexibility index (Phi) is 11.0. The Morgan fingerprint density at radius 3 is 2.17 bits per heavy atom. The van der Waals surface area contributed by atoms with Crippen molar-refractivity contribution in [2.24, 2.45) is 0 Å². The molecule has 0 aliphatic carbocycles. The Hall–Kier alpha value is -3.07. The summed E-state index contributed by atoms with van der Waals surface area (Å²) >= 11 is 12.5. The lowest BCUT2D eigenvalue weighted by molar-refractivity contribution is -0.140. The first-order valence-corrected chi connectivity index (χ1v) is 15.6. The van der Waals surface area contributed by atoms with Gasteiger partial charge in [-0.05, 0) is 43.5 Å². The van der Waals surface area contributed by atoms with Crippen LogP contribution >= 0.6 is 23.2 Å². The zero-order valence-electron chi connectivity index (χ0n) is 23.1. The number of nitrogens with one attached hydrogen (secondary N) is 1. The molecule has 0 aliphatic heterocycles. The number of halogens is 2. The SMILES string of the molecule is CCC(C)NC(=O)C(Cc1ccccc1)N(Cc1ccc(C)cc1)C(=O)CN(c1cccc(Cl)c1Cl)S(C)(=O)=O. The molecule has 40 heavy (non-hydrogen) atoms. The molecule has 3 aromatic carbocycles. The Balaban J connectivity index is 2.08. The van der Waals surface area contributed by atoms with Crippen molar-refractivity contribution in [3.8, 4) is 0 Å². The van der Waals surface area contributed by atoms with Crippen LogP contribution in [0.15, 0.2) is 72.8 Å². The highest BCUT2D eigenvalue weighted by Crippen LogP contribution is 2.34. The summed E-state index contributed by atoms with van der Waals surface area (Å²) in [5.74, 6) is -0.868. The van der Waals surface area contributed by atoms with Gasteiger partial charge < -0.3 is 10.2 Å². The molecular weight excluding hydrogens is 569 g/mol. The zero-order chi connectivity index (χ0) is 29.4. The number of carbonyl (C=O) groups excluding carboxylic acids is 2. The van der Waals surface area contributed by atoms with Crippen LogP contribution in [0, 0.1) is 6.92 Å². The van der Waals surface area contributed by atoms with Gasteiger partial charge in [0.15, 0.2) is 0 Å². The molecule has 0 spiro atoms. The van der Waals surface area contributed by atoms with Crippen LogP contribution in [0.25, 0.3) is 0 Å². The van der Waals surface area contributed by atoms with Crippen molar-refractivity contribution in [1.29, 1.82) is 0 Å². The molecule has 0 saturated heterocycles. The number of aryl methyl sites for hydroxylation is 1. The third-order valence-corrected chi connectivity index (χ3v) is 8.56. The van der Waals surface area contributed by atoms with E-state index in [9.17, 15) is 18.0 Å². The first-order chi connectivity index (χ1) is 18.9. The van der Waals surface area contributed by atoms with Crippen molar-refractivity contribution in [3.05, 3.63) is 99.5 Å². The van der Waals surface area contributed by atoms with Crippen LogP contribution in [0.5, 0.6) is 0 Å². The lowest BCUT2D eigenvalue weighted by atomic mass is 10.0. The van der Waals surface area contributed by atoms with Gasteiger partial charge in [-0.15, -0.1) is 0 Å². The van der Waals surface area contributed by atoms with E-state index >= 15 is 0 Å². The Morgan fingerprint density at radius 2 is 1.57 bits per heavy atom. The minimum atomic E-state index is -3.95. The van der Waals surface area contributed by atoms with E-state index in [1.54, 1.807) is 6.07 Å². The summed E-state index contributed by atoms with van der Waals surface area (Å²) in [6.45, 7) is 5.36. The fourth-order valence-corrected chi connectivity index (χ4v) is 5.47. The largest absolute Gasteiger partial charge is 0.352 e. The van der Waals surface area contributed by atoms with Gasteiger partial charge in [0, 0.05) is 19.0 Å². The molecule has 1 N–H and O–H groups in total. The van der Waals surface area contributed by atoms with Crippen molar-refractivity contribution in [3.63, 3.8) is 0 Å². The number of rotatable bonds is 12. The number of carbonyl (C=O) groups is 2.